The molecule has 134 valence electrons. The minimum atomic E-state index is -0.420. The Bertz CT molecular complexity index is 929. The van der Waals surface area contributed by atoms with Crippen molar-refractivity contribution in [2.75, 3.05) is 12.4 Å². The van der Waals surface area contributed by atoms with Gasteiger partial charge in [-0.3, -0.25) is 10.1 Å². The molecule has 5 nitrogen and oxygen atoms in total. The molecule has 2 aromatic carbocycles. The molecule has 0 saturated carbocycles. The van der Waals surface area contributed by atoms with E-state index in [4.69, 9.17) is 27.9 Å². The number of ether oxygens (including phenoxy) is 1. The number of rotatable bonds is 3. The van der Waals surface area contributed by atoms with Crippen LogP contribution in [-0.4, -0.2) is 12.0 Å². The molecule has 0 saturated heterocycles. The SMILES string of the molecule is COc1ccc([C@H]2Nc3c(Cl)cc(Cl)cc3[C@H]3C=CC[C@H]32)cc1[N+](=O)[O-]. The lowest BCUT2D eigenvalue weighted by atomic mass is 9.77. The molecule has 0 bridgehead atoms. The highest BCUT2D eigenvalue weighted by Crippen LogP contribution is 2.52. The van der Waals surface area contributed by atoms with E-state index in [9.17, 15) is 10.1 Å². The van der Waals surface area contributed by atoms with Gasteiger partial charge in [-0.25, -0.2) is 0 Å². The van der Waals surface area contributed by atoms with Crippen molar-refractivity contribution >= 4 is 34.6 Å². The van der Waals surface area contributed by atoms with Gasteiger partial charge in [-0.1, -0.05) is 41.4 Å². The molecule has 7 heteroatoms. The number of nitrogens with one attached hydrogen (secondary N) is 1. The van der Waals surface area contributed by atoms with Crippen LogP contribution in [0.25, 0.3) is 0 Å². The molecule has 0 amide bonds. The summed E-state index contributed by atoms with van der Waals surface area (Å²) in [6, 6.07) is 8.66. The van der Waals surface area contributed by atoms with Gasteiger partial charge in [0.1, 0.15) is 0 Å². The number of anilines is 1. The topological polar surface area (TPSA) is 64.4 Å². The summed E-state index contributed by atoms with van der Waals surface area (Å²) >= 11 is 12.6. The molecule has 1 aliphatic carbocycles. The lowest BCUT2D eigenvalue weighted by Gasteiger charge is -2.38. The first-order chi connectivity index (χ1) is 12.5. The summed E-state index contributed by atoms with van der Waals surface area (Å²) in [7, 11) is 1.43. The number of halogens is 2. The number of nitro groups is 1. The van der Waals surface area contributed by atoms with E-state index in [1.807, 2.05) is 12.1 Å². The van der Waals surface area contributed by atoms with Crippen molar-refractivity contribution in [2.24, 2.45) is 5.92 Å². The van der Waals surface area contributed by atoms with E-state index >= 15 is 0 Å². The summed E-state index contributed by atoms with van der Waals surface area (Å²) in [4.78, 5) is 11.0. The van der Waals surface area contributed by atoms with Gasteiger partial charge >= 0.3 is 5.69 Å². The van der Waals surface area contributed by atoms with Gasteiger partial charge < -0.3 is 10.1 Å². The van der Waals surface area contributed by atoms with Crippen LogP contribution in [0.4, 0.5) is 11.4 Å². The largest absolute Gasteiger partial charge is 0.490 e. The molecule has 2 aliphatic rings. The molecule has 0 spiro atoms. The van der Waals surface area contributed by atoms with Crippen molar-refractivity contribution in [2.45, 2.75) is 18.4 Å². The highest BCUT2D eigenvalue weighted by atomic mass is 35.5. The molecule has 1 heterocycles. The van der Waals surface area contributed by atoms with Crippen LogP contribution < -0.4 is 10.1 Å². The molecule has 26 heavy (non-hydrogen) atoms. The van der Waals surface area contributed by atoms with Gasteiger partial charge in [0, 0.05) is 17.0 Å². The van der Waals surface area contributed by atoms with Crippen LogP contribution in [0.3, 0.4) is 0 Å². The Morgan fingerprint density at radius 3 is 2.81 bits per heavy atom. The van der Waals surface area contributed by atoms with Gasteiger partial charge in [0.25, 0.3) is 0 Å². The van der Waals surface area contributed by atoms with Gasteiger partial charge in [0.2, 0.25) is 0 Å². The van der Waals surface area contributed by atoms with Crippen molar-refractivity contribution in [1.29, 1.82) is 0 Å². The molecule has 0 unspecified atom stereocenters. The molecule has 2 aromatic rings. The summed E-state index contributed by atoms with van der Waals surface area (Å²) in [6.07, 6.45) is 5.19. The van der Waals surface area contributed by atoms with Crippen LogP contribution in [0, 0.1) is 16.0 Å². The summed E-state index contributed by atoms with van der Waals surface area (Å²) in [5, 5.41) is 16.0. The molecule has 1 N–H and O–H groups in total. The third-order valence-electron chi connectivity index (χ3n) is 5.14. The maximum Gasteiger partial charge on any atom is 0.311 e. The Hall–Kier alpha value is -2.24. The van der Waals surface area contributed by atoms with Crippen LogP contribution >= 0.6 is 23.2 Å². The van der Waals surface area contributed by atoms with Crippen LogP contribution in [-0.2, 0) is 0 Å². The molecule has 0 aromatic heterocycles. The van der Waals surface area contributed by atoms with Gasteiger partial charge in [-0.15, -0.1) is 0 Å². The van der Waals surface area contributed by atoms with Crippen LogP contribution in [0.1, 0.15) is 29.5 Å². The minimum absolute atomic E-state index is 0.0395. The smallest absolute Gasteiger partial charge is 0.311 e. The number of benzene rings is 2. The first-order valence-corrected chi connectivity index (χ1v) is 8.99. The molecule has 0 fully saturated rings. The van der Waals surface area contributed by atoms with Gasteiger partial charge in [-0.2, -0.15) is 0 Å². The fourth-order valence-corrected chi connectivity index (χ4v) is 4.56. The normalized spacial score (nSPS) is 23.1. The Kier molecular flexibility index (Phi) is 4.29. The van der Waals surface area contributed by atoms with E-state index in [0.29, 0.717) is 10.0 Å². The van der Waals surface area contributed by atoms with Crippen molar-refractivity contribution < 1.29 is 9.66 Å². The van der Waals surface area contributed by atoms with E-state index in [0.717, 1.165) is 23.2 Å². The second-order valence-electron chi connectivity index (χ2n) is 6.52. The van der Waals surface area contributed by atoms with Crippen molar-refractivity contribution in [3.8, 4) is 5.75 Å². The standard InChI is InChI=1S/C19H16Cl2N2O3/c1-26-17-6-5-10(7-16(17)23(24)25)18-13-4-2-3-12(13)14-8-11(20)9-15(21)19(14)22-18/h2-3,5-9,12-13,18,22H,4H2,1H3/t12-,13+,18+/m0/s1. The second-order valence-corrected chi connectivity index (χ2v) is 7.36. The van der Waals surface area contributed by atoms with Crippen LogP contribution in [0.2, 0.25) is 10.0 Å². The molecule has 3 atom stereocenters. The monoisotopic (exact) mass is 390 g/mol. The van der Waals surface area contributed by atoms with E-state index in [-0.39, 0.29) is 29.3 Å². The number of allylic oxidation sites excluding steroid dienone is 2. The Balaban J connectivity index is 1.81. The third-order valence-corrected chi connectivity index (χ3v) is 5.66. The predicted octanol–water partition coefficient (Wildman–Crippen LogP) is 5.74. The zero-order valence-corrected chi connectivity index (χ0v) is 15.4. The molecule has 1 aliphatic heterocycles. The van der Waals surface area contributed by atoms with Crippen LogP contribution in [0.15, 0.2) is 42.5 Å². The van der Waals surface area contributed by atoms with Crippen LogP contribution in [0.5, 0.6) is 5.75 Å². The number of nitro benzene ring substituents is 1. The Morgan fingerprint density at radius 2 is 2.08 bits per heavy atom. The van der Waals surface area contributed by atoms with Gasteiger partial charge in [0.05, 0.1) is 28.8 Å². The molecular weight excluding hydrogens is 375 g/mol. The Labute approximate surface area is 160 Å². The summed E-state index contributed by atoms with van der Waals surface area (Å²) < 4.78 is 5.11. The second kappa shape index (κ2) is 6.49. The summed E-state index contributed by atoms with van der Waals surface area (Å²) in [5.74, 6) is 0.666. The fourth-order valence-electron chi connectivity index (χ4n) is 3.99. The number of nitrogens with zero attached hydrogens (tertiary/aromatic N) is 1. The zero-order chi connectivity index (χ0) is 18.4. The number of methoxy groups -OCH3 is 1. The van der Waals surface area contributed by atoms with Gasteiger partial charge in [-0.05, 0) is 41.7 Å². The van der Waals surface area contributed by atoms with Crippen molar-refractivity contribution in [1.82, 2.24) is 0 Å². The number of fused-ring (bicyclic) bond motifs is 3. The highest BCUT2D eigenvalue weighted by molar-refractivity contribution is 6.36. The average Bonchev–Trinajstić information content (AvgIpc) is 3.10. The first-order valence-electron chi connectivity index (χ1n) is 8.24. The van der Waals surface area contributed by atoms with Gasteiger partial charge in [0.15, 0.2) is 5.75 Å². The lowest BCUT2D eigenvalue weighted by Crippen LogP contribution is -2.29. The number of hydrogen-bond acceptors (Lipinski definition) is 4. The molecule has 4 rings (SSSR count). The summed E-state index contributed by atoms with van der Waals surface area (Å²) in [5.41, 5.74) is 2.71. The molecule has 0 radical (unpaired) electrons. The van der Waals surface area contributed by atoms with E-state index < -0.39 is 4.92 Å². The number of hydrogen-bond donors (Lipinski definition) is 1. The third kappa shape index (κ3) is 2.72. The quantitative estimate of drug-likeness (QED) is 0.412. The highest BCUT2D eigenvalue weighted by Gasteiger charge is 2.39. The van der Waals surface area contributed by atoms with Crippen molar-refractivity contribution in [3.05, 3.63) is 73.8 Å². The molecular formula is C19H16Cl2N2O3. The maximum absolute atomic E-state index is 11.4. The minimum Gasteiger partial charge on any atom is -0.490 e. The van der Waals surface area contributed by atoms with E-state index in [1.165, 1.54) is 7.11 Å². The lowest BCUT2D eigenvalue weighted by molar-refractivity contribution is -0.385. The fraction of sp³-hybridized carbons (Fsp3) is 0.263. The van der Waals surface area contributed by atoms with E-state index in [1.54, 1.807) is 18.2 Å². The Morgan fingerprint density at radius 1 is 1.27 bits per heavy atom. The van der Waals surface area contributed by atoms with Crippen molar-refractivity contribution in [3.63, 3.8) is 0 Å². The van der Waals surface area contributed by atoms with E-state index in [2.05, 4.69) is 17.5 Å². The predicted molar refractivity (Wildman–Crippen MR) is 102 cm³/mol. The first kappa shape index (κ1) is 17.2. The summed E-state index contributed by atoms with van der Waals surface area (Å²) in [6.45, 7) is 0. The average molecular weight is 391 g/mol. The maximum atomic E-state index is 11.4. The zero-order valence-electron chi connectivity index (χ0n) is 13.9.